The molecule has 2 atom stereocenters. The van der Waals surface area contributed by atoms with E-state index in [1.165, 1.54) is 12.0 Å². The van der Waals surface area contributed by atoms with Gasteiger partial charge < -0.3 is 5.32 Å². The van der Waals surface area contributed by atoms with Crippen molar-refractivity contribution in [2.24, 2.45) is 0 Å². The molecule has 0 radical (unpaired) electrons. The van der Waals surface area contributed by atoms with E-state index in [0.29, 0.717) is 12.5 Å². The van der Waals surface area contributed by atoms with Crippen molar-refractivity contribution in [3.05, 3.63) is 35.4 Å². The van der Waals surface area contributed by atoms with Gasteiger partial charge in [-0.05, 0) is 38.8 Å². The van der Waals surface area contributed by atoms with Gasteiger partial charge in [0.1, 0.15) is 5.67 Å². The average Bonchev–Trinajstić information content (AvgIpc) is 2.70. The summed E-state index contributed by atoms with van der Waals surface area (Å²) in [5.41, 5.74) is 0.765. The summed E-state index contributed by atoms with van der Waals surface area (Å²) < 4.78 is 14.6. The van der Waals surface area contributed by atoms with Crippen LogP contribution >= 0.6 is 0 Å². The van der Waals surface area contributed by atoms with Gasteiger partial charge in [-0.2, -0.15) is 0 Å². The van der Waals surface area contributed by atoms with Crippen LogP contribution in [0.1, 0.15) is 37.3 Å². The second-order valence-corrected chi connectivity index (χ2v) is 5.06. The Balaban J connectivity index is 2.07. The predicted molar refractivity (Wildman–Crippen MR) is 65.3 cm³/mol. The maximum Gasteiger partial charge on any atom is 0.134 e. The van der Waals surface area contributed by atoms with Crippen LogP contribution in [-0.2, 0) is 5.67 Å². The molecule has 0 saturated carbocycles. The number of hydrogen-bond acceptors (Lipinski definition) is 1. The van der Waals surface area contributed by atoms with Crippen molar-refractivity contribution in [2.75, 3.05) is 6.54 Å². The van der Waals surface area contributed by atoms with E-state index in [2.05, 4.69) is 5.32 Å². The molecular weight excluding hydrogens is 201 g/mol. The Morgan fingerprint density at radius 2 is 2.06 bits per heavy atom. The van der Waals surface area contributed by atoms with E-state index in [1.807, 2.05) is 31.2 Å². The normalized spacial score (nSPS) is 24.3. The highest BCUT2D eigenvalue weighted by molar-refractivity contribution is 5.26. The predicted octanol–water partition coefficient (Wildman–Crippen LogP) is 3.32. The zero-order valence-electron chi connectivity index (χ0n) is 10.1. The lowest BCUT2D eigenvalue weighted by Gasteiger charge is -2.24. The topological polar surface area (TPSA) is 12.0 Å². The van der Waals surface area contributed by atoms with Crippen LogP contribution in [0.3, 0.4) is 0 Å². The number of alkyl halides is 1. The Morgan fingerprint density at radius 1 is 1.38 bits per heavy atom. The Labute approximate surface area is 97.1 Å². The van der Waals surface area contributed by atoms with Crippen molar-refractivity contribution < 1.29 is 4.39 Å². The zero-order chi connectivity index (χ0) is 11.6. The third kappa shape index (κ3) is 2.62. The Kier molecular flexibility index (Phi) is 3.29. The Morgan fingerprint density at radius 3 is 2.62 bits per heavy atom. The lowest BCUT2D eigenvalue weighted by Crippen LogP contribution is -2.30. The lowest BCUT2D eigenvalue weighted by atomic mass is 9.90. The highest BCUT2D eigenvalue weighted by atomic mass is 19.1. The quantitative estimate of drug-likeness (QED) is 0.825. The highest BCUT2D eigenvalue weighted by Crippen LogP contribution is 2.32. The van der Waals surface area contributed by atoms with E-state index >= 15 is 0 Å². The first-order valence-corrected chi connectivity index (χ1v) is 6.07. The van der Waals surface area contributed by atoms with Crippen LogP contribution in [0.5, 0.6) is 0 Å². The molecule has 1 fully saturated rings. The van der Waals surface area contributed by atoms with Gasteiger partial charge in [-0.15, -0.1) is 0 Å². The van der Waals surface area contributed by atoms with Crippen molar-refractivity contribution >= 4 is 0 Å². The van der Waals surface area contributed by atoms with Crippen molar-refractivity contribution in [1.82, 2.24) is 5.32 Å². The summed E-state index contributed by atoms with van der Waals surface area (Å²) in [4.78, 5) is 0. The molecule has 1 saturated heterocycles. The van der Waals surface area contributed by atoms with Crippen LogP contribution in [0, 0.1) is 6.92 Å². The molecule has 0 aromatic heterocycles. The molecule has 88 valence electrons. The zero-order valence-corrected chi connectivity index (χ0v) is 10.1. The van der Waals surface area contributed by atoms with Gasteiger partial charge in [0.15, 0.2) is 0 Å². The van der Waals surface area contributed by atoms with Crippen LogP contribution < -0.4 is 5.32 Å². The third-order valence-electron chi connectivity index (χ3n) is 3.45. The smallest absolute Gasteiger partial charge is 0.134 e. The standard InChI is InChI=1S/C14H20FN/c1-11-5-7-12(8-6-11)14(2,15)10-13-4-3-9-16-13/h5-8,13,16H,3-4,9-10H2,1-2H3. The highest BCUT2D eigenvalue weighted by Gasteiger charge is 2.30. The SMILES string of the molecule is Cc1ccc(C(C)(F)CC2CCCN2)cc1. The average molecular weight is 221 g/mol. The second kappa shape index (κ2) is 4.54. The molecule has 0 spiro atoms. The second-order valence-electron chi connectivity index (χ2n) is 5.06. The summed E-state index contributed by atoms with van der Waals surface area (Å²) in [6, 6.07) is 8.12. The van der Waals surface area contributed by atoms with Gasteiger partial charge in [0, 0.05) is 12.5 Å². The lowest BCUT2D eigenvalue weighted by molar-refractivity contribution is 0.159. The molecule has 16 heavy (non-hydrogen) atoms. The summed E-state index contributed by atoms with van der Waals surface area (Å²) in [5, 5.41) is 3.35. The van der Waals surface area contributed by atoms with Gasteiger partial charge in [-0.3, -0.25) is 0 Å². The Hall–Kier alpha value is -0.890. The van der Waals surface area contributed by atoms with Crippen molar-refractivity contribution in [3.63, 3.8) is 0 Å². The molecule has 2 heteroatoms. The number of hydrogen-bond donors (Lipinski definition) is 1. The minimum Gasteiger partial charge on any atom is -0.314 e. The molecular formula is C14H20FN. The molecule has 1 heterocycles. The first kappa shape index (κ1) is 11.6. The van der Waals surface area contributed by atoms with Crippen LogP contribution in [0.25, 0.3) is 0 Å². The third-order valence-corrected chi connectivity index (χ3v) is 3.45. The molecule has 0 bridgehead atoms. The van der Waals surface area contributed by atoms with Gasteiger partial charge in [0.25, 0.3) is 0 Å². The summed E-state index contributed by atoms with van der Waals surface area (Å²) >= 11 is 0. The minimum atomic E-state index is -1.21. The van der Waals surface area contributed by atoms with Crippen molar-refractivity contribution in [3.8, 4) is 0 Å². The fourth-order valence-electron chi connectivity index (χ4n) is 2.41. The number of benzene rings is 1. The summed E-state index contributed by atoms with van der Waals surface area (Å²) in [6.07, 6.45) is 2.86. The molecule has 1 nitrogen and oxygen atoms in total. The van der Waals surface area contributed by atoms with E-state index in [0.717, 1.165) is 18.5 Å². The first-order valence-electron chi connectivity index (χ1n) is 6.07. The Bertz CT molecular complexity index is 336. The number of aryl methyl sites for hydroxylation is 1. The van der Waals surface area contributed by atoms with E-state index in [9.17, 15) is 4.39 Å². The largest absolute Gasteiger partial charge is 0.314 e. The van der Waals surface area contributed by atoms with Crippen LogP contribution in [0.2, 0.25) is 0 Å². The maximum atomic E-state index is 14.6. The van der Waals surface area contributed by atoms with E-state index in [-0.39, 0.29) is 0 Å². The van der Waals surface area contributed by atoms with Gasteiger partial charge in [0.2, 0.25) is 0 Å². The first-order chi connectivity index (χ1) is 7.58. The van der Waals surface area contributed by atoms with E-state index < -0.39 is 5.67 Å². The van der Waals surface area contributed by atoms with E-state index in [1.54, 1.807) is 6.92 Å². The molecule has 0 aliphatic carbocycles. The molecule has 2 rings (SSSR count). The van der Waals surface area contributed by atoms with Crippen LogP contribution in [-0.4, -0.2) is 12.6 Å². The molecule has 1 aliphatic heterocycles. The number of halogens is 1. The minimum absolute atomic E-state index is 0.344. The van der Waals surface area contributed by atoms with Gasteiger partial charge in [0.05, 0.1) is 0 Å². The molecule has 0 amide bonds. The van der Waals surface area contributed by atoms with Crippen LogP contribution in [0.15, 0.2) is 24.3 Å². The van der Waals surface area contributed by atoms with Crippen molar-refractivity contribution in [2.45, 2.75) is 44.8 Å². The molecule has 1 aliphatic rings. The molecule has 1 aromatic carbocycles. The molecule has 1 aromatic rings. The van der Waals surface area contributed by atoms with E-state index in [4.69, 9.17) is 0 Å². The summed E-state index contributed by atoms with van der Waals surface area (Å²) in [6.45, 7) is 4.75. The fourth-order valence-corrected chi connectivity index (χ4v) is 2.41. The summed E-state index contributed by atoms with van der Waals surface area (Å²) in [7, 11) is 0. The summed E-state index contributed by atoms with van der Waals surface area (Å²) in [5.74, 6) is 0. The van der Waals surface area contributed by atoms with Crippen molar-refractivity contribution in [1.29, 1.82) is 0 Å². The molecule has 1 N–H and O–H groups in total. The molecule has 2 unspecified atom stereocenters. The fraction of sp³-hybridized carbons (Fsp3) is 0.571. The van der Waals surface area contributed by atoms with Gasteiger partial charge >= 0.3 is 0 Å². The van der Waals surface area contributed by atoms with Crippen LogP contribution in [0.4, 0.5) is 4.39 Å². The number of rotatable bonds is 3. The maximum absolute atomic E-state index is 14.6. The van der Waals surface area contributed by atoms with Gasteiger partial charge in [-0.1, -0.05) is 29.8 Å². The monoisotopic (exact) mass is 221 g/mol. The number of nitrogens with one attached hydrogen (secondary N) is 1. The van der Waals surface area contributed by atoms with Gasteiger partial charge in [-0.25, -0.2) is 4.39 Å².